The molecule has 7 heteroatoms. The molecule has 0 saturated carbocycles. The van der Waals surface area contributed by atoms with Crippen LogP contribution in [0.4, 0.5) is 5.69 Å². The lowest BCUT2D eigenvalue weighted by atomic mass is 9.50. The number of quaternary nitrogens is 1. The molecule has 0 saturated heterocycles. The predicted octanol–water partition coefficient (Wildman–Crippen LogP) is 2.59. The smallest absolute Gasteiger partial charge is 0.186 e. The molecule has 0 aromatic heterocycles. The summed E-state index contributed by atoms with van der Waals surface area (Å²) in [5.74, 6) is -1.65. The van der Waals surface area contributed by atoms with Gasteiger partial charge in [-0.3, -0.25) is 0 Å². The molecule has 3 rings (SSSR count). The van der Waals surface area contributed by atoms with Crippen molar-refractivity contribution in [2.75, 3.05) is 0 Å². The number of nitriles is 4. The van der Waals surface area contributed by atoms with Crippen molar-refractivity contribution in [1.82, 2.24) is 0 Å². The average molecular weight is 381 g/mol. The van der Waals surface area contributed by atoms with Crippen LogP contribution in [0, 0.1) is 61.4 Å². The van der Waals surface area contributed by atoms with Crippen molar-refractivity contribution in [1.29, 1.82) is 21.0 Å². The van der Waals surface area contributed by atoms with Gasteiger partial charge in [0.2, 0.25) is 0 Å². The molecule has 7 nitrogen and oxygen atoms in total. The number of hydrogen-bond donors (Lipinski definition) is 2. The maximum atomic E-state index is 11.1. The van der Waals surface area contributed by atoms with Crippen LogP contribution in [0.2, 0.25) is 0 Å². The minimum Gasteiger partial charge on any atom is -0.595 e. The van der Waals surface area contributed by atoms with E-state index in [2.05, 4.69) is 0 Å². The molecule has 2 N–H and O–H groups in total. The van der Waals surface area contributed by atoms with Crippen LogP contribution in [0.25, 0.3) is 0 Å². The first-order valence-corrected chi connectivity index (χ1v) is 8.71. The van der Waals surface area contributed by atoms with Crippen LogP contribution < -0.4 is 5.23 Å². The highest BCUT2D eigenvalue weighted by atomic mass is 16.8. The number of nitrogens with zero attached hydrogens (tertiary/aromatic N) is 4. The summed E-state index contributed by atoms with van der Waals surface area (Å²) < 4.78 is 0. The lowest BCUT2D eigenvalue weighted by Crippen LogP contribution is -2.99. The zero-order chi connectivity index (χ0) is 21.1. The fourth-order valence-electron chi connectivity index (χ4n) is 3.90. The van der Waals surface area contributed by atoms with Crippen LogP contribution in [0.15, 0.2) is 66.7 Å². The van der Waals surface area contributed by atoms with Crippen molar-refractivity contribution in [2.24, 2.45) is 10.8 Å². The highest BCUT2D eigenvalue weighted by Gasteiger charge is 2.64. The molecule has 0 bridgehead atoms. The molecule has 1 aliphatic rings. The van der Waals surface area contributed by atoms with Gasteiger partial charge in [0.25, 0.3) is 0 Å². The van der Waals surface area contributed by atoms with Gasteiger partial charge in [-0.05, 0) is 11.1 Å². The van der Waals surface area contributed by atoms with Gasteiger partial charge < -0.3 is 5.21 Å². The molecule has 3 unspecified atom stereocenters. The van der Waals surface area contributed by atoms with E-state index in [0.29, 0.717) is 11.1 Å². The van der Waals surface area contributed by atoms with Crippen LogP contribution in [-0.2, 0) is 0 Å². The van der Waals surface area contributed by atoms with Crippen molar-refractivity contribution in [3.05, 3.63) is 83.1 Å². The molecule has 0 fully saturated rings. The number of benzene rings is 2. The van der Waals surface area contributed by atoms with E-state index in [4.69, 9.17) is 5.21 Å². The highest BCUT2D eigenvalue weighted by molar-refractivity contribution is 5.52. The molecule has 140 valence electrons. The second-order valence-corrected chi connectivity index (χ2v) is 6.74. The number of rotatable bonds is 3. The molecular weight excluding hydrogens is 366 g/mol. The van der Waals surface area contributed by atoms with E-state index in [9.17, 15) is 26.3 Å². The zero-order valence-electron chi connectivity index (χ0n) is 15.1. The van der Waals surface area contributed by atoms with E-state index in [0.717, 1.165) is 0 Å². The Morgan fingerprint density at radius 3 is 1.52 bits per heavy atom. The summed E-state index contributed by atoms with van der Waals surface area (Å²) in [5.41, 5.74) is -2.75. The molecule has 0 heterocycles. The van der Waals surface area contributed by atoms with Gasteiger partial charge in [-0.15, -0.1) is 0 Å². The summed E-state index contributed by atoms with van der Waals surface area (Å²) in [4.78, 5) is 0. The third kappa shape index (κ3) is 2.84. The summed E-state index contributed by atoms with van der Waals surface area (Å²) in [6.45, 7) is 0. The Labute approximate surface area is 167 Å². The molecule has 2 aromatic carbocycles. The summed E-state index contributed by atoms with van der Waals surface area (Å²) in [6, 6.07) is 22.5. The predicted molar refractivity (Wildman–Crippen MR) is 101 cm³/mol. The van der Waals surface area contributed by atoms with E-state index < -0.39 is 27.9 Å². The second kappa shape index (κ2) is 7.56. The minimum absolute atomic E-state index is 0.0575. The average Bonchev–Trinajstić information content (AvgIpc) is 2.78. The van der Waals surface area contributed by atoms with Crippen LogP contribution in [0.1, 0.15) is 23.0 Å². The summed E-state index contributed by atoms with van der Waals surface area (Å²) in [7, 11) is 0. The molecule has 0 spiro atoms. The van der Waals surface area contributed by atoms with E-state index in [1.165, 1.54) is 24.3 Å². The van der Waals surface area contributed by atoms with Crippen molar-refractivity contribution >= 4 is 5.69 Å². The Hall–Kier alpha value is -3.98. The van der Waals surface area contributed by atoms with Crippen LogP contribution in [0.5, 0.6) is 0 Å². The van der Waals surface area contributed by atoms with Crippen molar-refractivity contribution in [2.45, 2.75) is 11.8 Å². The van der Waals surface area contributed by atoms with Gasteiger partial charge in [0.1, 0.15) is 0 Å². The first-order valence-electron chi connectivity index (χ1n) is 8.71. The number of nitrogens with one attached hydrogen (secondary N) is 1. The van der Waals surface area contributed by atoms with Crippen molar-refractivity contribution < 1.29 is 10.4 Å². The molecule has 0 radical (unpaired) electrons. The lowest BCUT2D eigenvalue weighted by Gasteiger charge is -2.43. The fraction of sp³-hybridized carbons (Fsp3) is 0.182. The van der Waals surface area contributed by atoms with Crippen LogP contribution in [0.3, 0.4) is 0 Å². The van der Waals surface area contributed by atoms with Crippen LogP contribution in [-0.4, -0.2) is 5.21 Å². The Balaban J connectivity index is 2.25. The van der Waals surface area contributed by atoms with E-state index >= 15 is 0 Å². The zero-order valence-corrected chi connectivity index (χ0v) is 15.1. The third-order valence-corrected chi connectivity index (χ3v) is 5.43. The largest absolute Gasteiger partial charge is 0.595 e. The number of hydrogen-bond acceptors (Lipinski definition) is 6. The van der Waals surface area contributed by atoms with Gasteiger partial charge in [0.15, 0.2) is 16.5 Å². The standard InChI is InChI=1S/C22H15N5O2/c23-12-21(13-24)19(16-4-2-1-3-5-16)10-11-20(22(21,14-25)15-26)17-6-8-18(9-7-17)27(28)29/h1-11,19-20,27-28H. The topological polar surface area (TPSA) is 143 Å². The van der Waals surface area contributed by atoms with Crippen molar-refractivity contribution in [3.8, 4) is 24.3 Å². The molecule has 0 aliphatic heterocycles. The first-order chi connectivity index (χ1) is 14.0. The normalized spacial score (nSPS) is 22.3. The van der Waals surface area contributed by atoms with Gasteiger partial charge in [-0.2, -0.15) is 26.3 Å². The third-order valence-electron chi connectivity index (χ3n) is 5.43. The summed E-state index contributed by atoms with van der Waals surface area (Å²) in [5, 5.41) is 59.4. The second-order valence-electron chi connectivity index (χ2n) is 6.74. The molecule has 1 aliphatic carbocycles. The molecule has 29 heavy (non-hydrogen) atoms. The maximum Gasteiger partial charge on any atom is 0.186 e. The van der Waals surface area contributed by atoms with Gasteiger partial charge in [0.05, 0.1) is 24.3 Å². The van der Waals surface area contributed by atoms with Crippen molar-refractivity contribution in [3.63, 3.8) is 0 Å². The van der Waals surface area contributed by atoms with E-state index in [1.807, 2.05) is 24.3 Å². The van der Waals surface area contributed by atoms with E-state index in [-0.39, 0.29) is 5.69 Å². The Morgan fingerprint density at radius 2 is 1.14 bits per heavy atom. The summed E-state index contributed by atoms with van der Waals surface area (Å²) >= 11 is 0. The fourth-order valence-corrected chi connectivity index (χ4v) is 3.90. The van der Waals surface area contributed by atoms with Crippen LogP contribution >= 0.6 is 0 Å². The SMILES string of the molecule is N#CC1(C#N)C(c2ccccc2)C=CC(c2ccc([NH+]([O-])O)cc2)C1(C#N)C#N. The van der Waals surface area contributed by atoms with Gasteiger partial charge in [0, 0.05) is 24.0 Å². The Kier molecular flexibility index (Phi) is 5.16. The maximum absolute atomic E-state index is 11.1. The molecule has 3 atom stereocenters. The highest BCUT2D eigenvalue weighted by Crippen LogP contribution is 2.59. The minimum atomic E-state index is -1.99. The van der Waals surface area contributed by atoms with Gasteiger partial charge >= 0.3 is 0 Å². The first kappa shape index (κ1) is 19.8. The number of allylic oxidation sites excluding steroid dienone is 2. The van der Waals surface area contributed by atoms with Gasteiger partial charge in [-0.1, -0.05) is 54.6 Å². The quantitative estimate of drug-likeness (QED) is 0.618. The molecular formula is C22H15N5O2. The lowest BCUT2D eigenvalue weighted by molar-refractivity contribution is -0.991. The monoisotopic (exact) mass is 381 g/mol. The Bertz CT molecular complexity index is 1070. The van der Waals surface area contributed by atoms with E-state index in [1.54, 1.807) is 42.5 Å². The Morgan fingerprint density at radius 1 is 0.724 bits per heavy atom. The molecule has 2 aromatic rings. The molecule has 0 amide bonds. The summed E-state index contributed by atoms with van der Waals surface area (Å²) in [6.07, 6.45) is 3.34. The van der Waals surface area contributed by atoms with Gasteiger partial charge in [-0.25, -0.2) is 5.21 Å².